The molecule has 2 aliphatic rings. The van der Waals surface area contributed by atoms with Crippen LogP contribution in [0, 0.1) is 0 Å². The van der Waals surface area contributed by atoms with Crippen molar-refractivity contribution in [2.24, 2.45) is 0 Å². The van der Waals surface area contributed by atoms with Gasteiger partial charge in [0, 0.05) is 18.8 Å². The van der Waals surface area contributed by atoms with E-state index in [9.17, 15) is 14.7 Å². The highest BCUT2D eigenvalue weighted by Gasteiger charge is 2.41. The van der Waals surface area contributed by atoms with E-state index in [1.807, 2.05) is 0 Å². The largest absolute Gasteiger partial charge is 0.480 e. The molecule has 2 unspecified atom stereocenters. The fourth-order valence-electron chi connectivity index (χ4n) is 2.89. The molecule has 120 valence electrons. The van der Waals surface area contributed by atoms with Crippen molar-refractivity contribution >= 4 is 23.6 Å². The van der Waals surface area contributed by atoms with Crippen LogP contribution in [0.4, 0.5) is 0 Å². The zero-order valence-corrected chi connectivity index (χ0v) is 13.4. The van der Waals surface area contributed by atoms with Crippen LogP contribution < -0.4 is 5.32 Å². The Bertz CT molecular complexity index is 372. The van der Waals surface area contributed by atoms with E-state index in [1.165, 1.54) is 0 Å². The Morgan fingerprint density at radius 3 is 2.86 bits per heavy atom. The number of carboxylic acid groups (broad SMARTS) is 1. The molecule has 0 spiro atoms. The average Bonchev–Trinajstić information content (AvgIpc) is 2.70. The monoisotopic (exact) mass is 315 g/mol. The second kappa shape index (κ2) is 8.00. The third-order valence-electron chi connectivity index (χ3n) is 3.99. The number of aliphatic carboxylic acids is 1. The van der Waals surface area contributed by atoms with Crippen LogP contribution in [-0.2, 0) is 9.59 Å². The van der Waals surface area contributed by atoms with Gasteiger partial charge in [-0.05, 0) is 25.9 Å². The number of carbonyl (C=O) groups excluding carboxylic acids is 1. The minimum atomic E-state index is -0.882. The molecule has 0 aliphatic carbocycles. The molecule has 0 bridgehead atoms. The molecule has 2 fully saturated rings. The molecule has 2 rings (SSSR count). The van der Waals surface area contributed by atoms with Crippen LogP contribution in [-0.4, -0.2) is 76.7 Å². The summed E-state index contributed by atoms with van der Waals surface area (Å²) in [5, 5.41) is 12.7. The second-order valence-corrected chi connectivity index (χ2v) is 6.82. The maximum Gasteiger partial charge on any atom is 0.327 e. The summed E-state index contributed by atoms with van der Waals surface area (Å²) in [5.41, 5.74) is 0. The number of hydrogen-bond donors (Lipinski definition) is 2. The van der Waals surface area contributed by atoms with Crippen molar-refractivity contribution in [3.8, 4) is 0 Å². The summed E-state index contributed by atoms with van der Waals surface area (Å²) in [6.07, 6.45) is 2.85. The normalized spacial score (nSPS) is 27.6. The average molecular weight is 315 g/mol. The van der Waals surface area contributed by atoms with Crippen molar-refractivity contribution in [2.45, 2.75) is 37.6 Å². The molecule has 0 aromatic rings. The summed E-state index contributed by atoms with van der Waals surface area (Å²) in [6.45, 7) is 6.03. The molecule has 2 atom stereocenters. The molecule has 0 saturated carbocycles. The minimum absolute atomic E-state index is 0.0219. The van der Waals surface area contributed by atoms with Crippen LogP contribution in [0.5, 0.6) is 0 Å². The van der Waals surface area contributed by atoms with E-state index >= 15 is 0 Å². The van der Waals surface area contributed by atoms with Gasteiger partial charge < -0.3 is 15.3 Å². The molecule has 6 nitrogen and oxygen atoms in total. The molecular formula is C14H25N3O3S. The van der Waals surface area contributed by atoms with E-state index in [2.05, 4.69) is 17.1 Å². The number of hydrogen-bond acceptors (Lipinski definition) is 5. The van der Waals surface area contributed by atoms with Gasteiger partial charge in [0.1, 0.15) is 6.04 Å². The summed E-state index contributed by atoms with van der Waals surface area (Å²) in [7, 11) is 0. The first-order valence-corrected chi connectivity index (χ1v) is 8.77. The van der Waals surface area contributed by atoms with Gasteiger partial charge in [0.05, 0.1) is 11.9 Å². The highest BCUT2D eigenvalue weighted by atomic mass is 32.2. The van der Waals surface area contributed by atoms with Crippen molar-refractivity contribution < 1.29 is 14.7 Å². The highest BCUT2D eigenvalue weighted by Crippen LogP contribution is 2.32. The molecular weight excluding hydrogens is 290 g/mol. The SMILES string of the molecule is CCCC1SCC(C(=O)O)N1C(=O)CN1CCCNCC1. The van der Waals surface area contributed by atoms with E-state index < -0.39 is 12.0 Å². The van der Waals surface area contributed by atoms with Crippen molar-refractivity contribution in [3.63, 3.8) is 0 Å². The lowest BCUT2D eigenvalue weighted by atomic mass is 10.2. The van der Waals surface area contributed by atoms with Crippen molar-refractivity contribution in [1.82, 2.24) is 15.1 Å². The number of carbonyl (C=O) groups is 2. The number of rotatable bonds is 5. The summed E-state index contributed by atoms with van der Waals surface area (Å²) in [5.74, 6) is -0.410. The van der Waals surface area contributed by atoms with Gasteiger partial charge in [0.25, 0.3) is 0 Å². The summed E-state index contributed by atoms with van der Waals surface area (Å²) in [6, 6.07) is -0.663. The Kier molecular flexibility index (Phi) is 6.32. The summed E-state index contributed by atoms with van der Waals surface area (Å²) < 4.78 is 0. The van der Waals surface area contributed by atoms with Crippen molar-refractivity contribution in [2.75, 3.05) is 38.5 Å². The fraction of sp³-hybridized carbons (Fsp3) is 0.857. The van der Waals surface area contributed by atoms with Crippen LogP contribution in [0.15, 0.2) is 0 Å². The van der Waals surface area contributed by atoms with Gasteiger partial charge >= 0.3 is 5.97 Å². The molecule has 0 aromatic heterocycles. The predicted molar refractivity (Wildman–Crippen MR) is 83.4 cm³/mol. The van der Waals surface area contributed by atoms with Gasteiger partial charge in [-0.15, -0.1) is 11.8 Å². The van der Waals surface area contributed by atoms with Crippen molar-refractivity contribution in [3.05, 3.63) is 0 Å². The van der Waals surface area contributed by atoms with Crippen LogP contribution in [0.1, 0.15) is 26.2 Å². The predicted octanol–water partition coefficient (Wildman–Crippen LogP) is 0.437. The zero-order chi connectivity index (χ0) is 15.2. The molecule has 21 heavy (non-hydrogen) atoms. The van der Waals surface area contributed by atoms with Crippen LogP contribution in [0.25, 0.3) is 0 Å². The lowest BCUT2D eigenvalue weighted by molar-refractivity contribution is -0.149. The van der Waals surface area contributed by atoms with E-state index in [4.69, 9.17) is 0 Å². The number of amides is 1. The summed E-state index contributed by atoms with van der Waals surface area (Å²) >= 11 is 1.60. The lowest BCUT2D eigenvalue weighted by Crippen LogP contribution is -2.49. The van der Waals surface area contributed by atoms with Crippen LogP contribution >= 0.6 is 11.8 Å². The third-order valence-corrected chi connectivity index (χ3v) is 5.35. The van der Waals surface area contributed by atoms with Gasteiger partial charge in [-0.2, -0.15) is 0 Å². The minimum Gasteiger partial charge on any atom is -0.480 e. The van der Waals surface area contributed by atoms with E-state index in [0.717, 1.165) is 45.4 Å². The van der Waals surface area contributed by atoms with Gasteiger partial charge in [0.2, 0.25) is 5.91 Å². The van der Waals surface area contributed by atoms with Crippen LogP contribution in [0.3, 0.4) is 0 Å². The Balaban J connectivity index is 2.00. The molecule has 1 amide bonds. The smallest absolute Gasteiger partial charge is 0.327 e. The standard InChI is InChI=1S/C14H25N3O3S/c1-2-4-13-17(11(10-21-13)14(19)20)12(18)9-16-7-3-5-15-6-8-16/h11,13,15H,2-10H2,1H3,(H,19,20). The molecule has 2 N–H and O–H groups in total. The molecule has 0 radical (unpaired) electrons. The molecule has 2 saturated heterocycles. The van der Waals surface area contributed by atoms with Gasteiger partial charge in [-0.3, -0.25) is 9.69 Å². The Labute approximate surface area is 130 Å². The Hall–Kier alpha value is -0.790. The highest BCUT2D eigenvalue weighted by molar-refractivity contribution is 8.00. The number of nitrogens with zero attached hydrogens (tertiary/aromatic N) is 2. The van der Waals surface area contributed by atoms with E-state index in [1.54, 1.807) is 16.7 Å². The van der Waals surface area contributed by atoms with Crippen molar-refractivity contribution in [1.29, 1.82) is 0 Å². The third kappa shape index (κ3) is 4.34. The van der Waals surface area contributed by atoms with Gasteiger partial charge in [0.15, 0.2) is 0 Å². The van der Waals surface area contributed by atoms with E-state index in [0.29, 0.717) is 12.3 Å². The maximum atomic E-state index is 12.6. The van der Waals surface area contributed by atoms with Gasteiger partial charge in [-0.25, -0.2) is 4.79 Å². The maximum absolute atomic E-state index is 12.6. The molecule has 7 heteroatoms. The first kappa shape index (κ1) is 16.6. The number of nitrogens with one attached hydrogen (secondary N) is 1. The molecule has 2 heterocycles. The quantitative estimate of drug-likeness (QED) is 0.767. The second-order valence-electron chi connectivity index (χ2n) is 5.61. The fourth-order valence-corrected chi connectivity index (χ4v) is 4.43. The zero-order valence-electron chi connectivity index (χ0n) is 12.6. The summed E-state index contributed by atoms with van der Waals surface area (Å²) in [4.78, 5) is 27.7. The topological polar surface area (TPSA) is 72.9 Å². The first-order valence-electron chi connectivity index (χ1n) is 7.72. The Morgan fingerprint density at radius 2 is 2.14 bits per heavy atom. The lowest BCUT2D eigenvalue weighted by Gasteiger charge is -2.30. The Morgan fingerprint density at radius 1 is 1.33 bits per heavy atom. The van der Waals surface area contributed by atoms with Gasteiger partial charge in [-0.1, -0.05) is 13.3 Å². The number of thioether (sulfide) groups is 1. The van der Waals surface area contributed by atoms with E-state index in [-0.39, 0.29) is 11.3 Å². The molecule has 0 aromatic carbocycles. The van der Waals surface area contributed by atoms with Crippen LogP contribution in [0.2, 0.25) is 0 Å². The first-order chi connectivity index (χ1) is 10.1. The molecule has 2 aliphatic heterocycles. The number of carboxylic acids is 1.